The molecule has 0 atom stereocenters. The van der Waals surface area contributed by atoms with E-state index in [-0.39, 0.29) is 11.7 Å². The van der Waals surface area contributed by atoms with Crippen LogP contribution < -0.4 is 5.32 Å². The summed E-state index contributed by atoms with van der Waals surface area (Å²) >= 11 is 3.03. The summed E-state index contributed by atoms with van der Waals surface area (Å²) in [5, 5.41) is 11.4. The van der Waals surface area contributed by atoms with E-state index in [1.54, 1.807) is 23.9 Å². The van der Waals surface area contributed by atoms with E-state index in [0.29, 0.717) is 30.8 Å². The monoisotopic (exact) mass is 424 g/mol. The molecule has 2 aromatic rings. The lowest BCUT2D eigenvalue weighted by atomic mass is 9.98. The van der Waals surface area contributed by atoms with Gasteiger partial charge in [-0.25, -0.2) is 4.39 Å². The third-order valence-electron chi connectivity index (χ3n) is 4.53. The largest absolute Gasteiger partial charge is 0.376 e. The summed E-state index contributed by atoms with van der Waals surface area (Å²) in [6, 6.07) is 6.40. The fourth-order valence-electron chi connectivity index (χ4n) is 3.04. The summed E-state index contributed by atoms with van der Waals surface area (Å²) in [6.07, 6.45) is 2.01. The van der Waals surface area contributed by atoms with Crippen molar-refractivity contribution < 1.29 is 13.9 Å². The maximum Gasteiger partial charge on any atom is 0.240 e. The third-order valence-corrected chi connectivity index (χ3v) is 6.38. The SMILES string of the molecule is CCSc1nnc(NC(=O)CN2CCC(COCc3ccc(F)cc3)CC2)s1. The van der Waals surface area contributed by atoms with Gasteiger partial charge in [-0.05, 0) is 55.3 Å². The highest BCUT2D eigenvalue weighted by Gasteiger charge is 2.21. The summed E-state index contributed by atoms with van der Waals surface area (Å²) < 4.78 is 19.6. The second-order valence-corrected chi connectivity index (χ2v) is 9.20. The predicted molar refractivity (Wildman–Crippen MR) is 110 cm³/mol. The van der Waals surface area contributed by atoms with Gasteiger partial charge < -0.3 is 4.74 Å². The Bertz CT molecular complexity index is 749. The maximum absolute atomic E-state index is 12.9. The number of aromatic nitrogens is 2. The molecule has 1 aromatic heterocycles. The molecule has 3 rings (SSSR count). The van der Waals surface area contributed by atoms with Gasteiger partial charge in [0.1, 0.15) is 5.82 Å². The van der Waals surface area contributed by atoms with Gasteiger partial charge in [-0.3, -0.25) is 15.0 Å². The molecule has 0 radical (unpaired) electrons. The highest BCUT2D eigenvalue weighted by Crippen LogP contribution is 2.25. The van der Waals surface area contributed by atoms with Gasteiger partial charge in [0.05, 0.1) is 13.2 Å². The van der Waals surface area contributed by atoms with Crippen molar-refractivity contribution in [3.05, 3.63) is 35.6 Å². The number of nitrogens with one attached hydrogen (secondary N) is 1. The molecule has 1 aliphatic heterocycles. The number of nitrogens with zero attached hydrogens (tertiary/aromatic N) is 3. The predicted octanol–water partition coefficient (Wildman–Crippen LogP) is 3.66. The van der Waals surface area contributed by atoms with Gasteiger partial charge in [-0.15, -0.1) is 10.2 Å². The van der Waals surface area contributed by atoms with E-state index in [1.807, 2.05) is 0 Å². The van der Waals surface area contributed by atoms with Crippen molar-refractivity contribution in [2.24, 2.45) is 5.92 Å². The number of benzene rings is 1. The van der Waals surface area contributed by atoms with Crippen LogP contribution in [-0.4, -0.2) is 53.0 Å². The van der Waals surface area contributed by atoms with Gasteiger partial charge in [0.25, 0.3) is 0 Å². The van der Waals surface area contributed by atoms with Gasteiger partial charge in [0, 0.05) is 6.61 Å². The number of hydrogen-bond donors (Lipinski definition) is 1. The van der Waals surface area contributed by atoms with Crippen LogP contribution in [0.1, 0.15) is 25.3 Å². The van der Waals surface area contributed by atoms with E-state index in [2.05, 4.69) is 27.3 Å². The van der Waals surface area contributed by atoms with Crippen molar-refractivity contribution in [1.82, 2.24) is 15.1 Å². The standard InChI is InChI=1S/C19H25FN4O2S2/c1-2-27-19-23-22-18(28-19)21-17(25)11-24-9-7-15(8-10-24)13-26-12-14-3-5-16(20)6-4-14/h3-6,15H,2,7-13H2,1H3,(H,21,22,25). The molecule has 2 heterocycles. The minimum absolute atomic E-state index is 0.0461. The van der Waals surface area contributed by atoms with Crippen molar-refractivity contribution in [3.8, 4) is 0 Å². The Hall–Kier alpha value is -1.55. The van der Waals surface area contributed by atoms with Crippen molar-refractivity contribution in [1.29, 1.82) is 0 Å². The lowest BCUT2D eigenvalue weighted by Gasteiger charge is -2.31. The molecular formula is C19H25FN4O2S2. The molecule has 0 unspecified atom stereocenters. The number of halogens is 1. The van der Waals surface area contributed by atoms with Crippen LogP contribution in [0.15, 0.2) is 28.6 Å². The topological polar surface area (TPSA) is 67.4 Å². The number of ether oxygens (including phenoxy) is 1. The zero-order chi connectivity index (χ0) is 19.8. The number of thioether (sulfide) groups is 1. The van der Waals surface area contributed by atoms with E-state index in [4.69, 9.17) is 4.74 Å². The number of carbonyl (C=O) groups is 1. The molecule has 1 saturated heterocycles. The van der Waals surface area contributed by atoms with Crippen molar-refractivity contribution in [2.75, 3.05) is 37.3 Å². The summed E-state index contributed by atoms with van der Waals surface area (Å²) in [6.45, 7) is 5.39. The minimum atomic E-state index is -0.230. The lowest BCUT2D eigenvalue weighted by molar-refractivity contribution is -0.117. The van der Waals surface area contributed by atoms with Crippen molar-refractivity contribution >= 4 is 34.1 Å². The van der Waals surface area contributed by atoms with E-state index < -0.39 is 0 Å². The van der Waals surface area contributed by atoms with E-state index in [9.17, 15) is 9.18 Å². The molecule has 0 saturated carbocycles. The molecule has 1 fully saturated rings. The van der Waals surface area contributed by atoms with Crippen molar-refractivity contribution in [2.45, 2.75) is 30.7 Å². The molecule has 152 valence electrons. The molecule has 1 amide bonds. The van der Waals surface area contributed by atoms with Crippen LogP contribution in [0.5, 0.6) is 0 Å². The Balaban J connectivity index is 1.32. The summed E-state index contributed by atoms with van der Waals surface area (Å²) in [4.78, 5) is 14.4. The van der Waals surface area contributed by atoms with Gasteiger partial charge in [-0.2, -0.15) is 0 Å². The number of likely N-dealkylation sites (tertiary alicyclic amines) is 1. The minimum Gasteiger partial charge on any atom is -0.376 e. The van der Waals surface area contributed by atoms with Crippen LogP contribution in [0.3, 0.4) is 0 Å². The Kier molecular flexibility index (Phi) is 8.20. The molecule has 1 aromatic carbocycles. The fourth-order valence-corrected chi connectivity index (χ4v) is 4.70. The zero-order valence-corrected chi connectivity index (χ0v) is 17.5. The Morgan fingerprint density at radius 3 is 2.79 bits per heavy atom. The molecule has 0 aliphatic carbocycles. The Morgan fingerprint density at radius 1 is 1.32 bits per heavy atom. The van der Waals surface area contributed by atoms with Crippen LogP contribution in [-0.2, 0) is 16.1 Å². The molecule has 1 aliphatic rings. The first-order valence-corrected chi connectivity index (χ1v) is 11.2. The molecule has 9 heteroatoms. The highest BCUT2D eigenvalue weighted by molar-refractivity contribution is 8.01. The highest BCUT2D eigenvalue weighted by atomic mass is 32.2. The molecule has 0 bridgehead atoms. The Morgan fingerprint density at radius 2 is 2.07 bits per heavy atom. The number of amides is 1. The van der Waals surface area contributed by atoms with Crippen molar-refractivity contribution in [3.63, 3.8) is 0 Å². The number of piperidine rings is 1. The molecule has 6 nitrogen and oxygen atoms in total. The summed E-state index contributed by atoms with van der Waals surface area (Å²) in [5.74, 6) is 1.16. The first kappa shape index (κ1) is 21.2. The molecule has 1 N–H and O–H groups in total. The molecular weight excluding hydrogens is 399 g/mol. The van der Waals surface area contributed by atoms with Crippen LogP contribution in [0.4, 0.5) is 9.52 Å². The smallest absolute Gasteiger partial charge is 0.240 e. The summed E-state index contributed by atoms with van der Waals surface area (Å²) in [5.41, 5.74) is 0.979. The van der Waals surface area contributed by atoms with Crippen LogP contribution in [0.2, 0.25) is 0 Å². The number of carbonyl (C=O) groups excluding carboxylic acids is 1. The fraction of sp³-hybridized carbons (Fsp3) is 0.526. The second kappa shape index (κ2) is 10.8. The zero-order valence-electron chi connectivity index (χ0n) is 15.9. The summed E-state index contributed by atoms with van der Waals surface area (Å²) in [7, 11) is 0. The molecule has 0 spiro atoms. The lowest BCUT2D eigenvalue weighted by Crippen LogP contribution is -2.40. The normalized spacial score (nSPS) is 15.6. The van der Waals surface area contributed by atoms with Crippen LogP contribution in [0.25, 0.3) is 0 Å². The second-order valence-electron chi connectivity index (χ2n) is 6.72. The van der Waals surface area contributed by atoms with Crippen LogP contribution in [0, 0.1) is 11.7 Å². The maximum atomic E-state index is 12.9. The van der Waals surface area contributed by atoms with E-state index in [0.717, 1.165) is 41.6 Å². The van der Waals surface area contributed by atoms with Gasteiger partial charge >= 0.3 is 0 Å². The third kappa shape index (κ3) is 6.80. The van der Waals surface area contributed by atoms with E-state index in [1.165, 1.54) is 23.5 Å². The average Bonchev–Trinajstić information content (AvgIpc) is 3.12. The number of rotatable bonds is 9. The van der Waals surface area contributed by atoms with Gasteiger partial charge in [-0.1, -0.05) is 42.2 Å². The number of anilines is 1. The molecule has 28 heavy (non-hydrogen) atoms. The Labute approximate surface area is 172 Å². The van der Waals surface area contributed by atoms with Gasteiger partial charge in [0.2, 0.25) is 11.0 Å². The van der Waals surface area contributed by atoms with Crippen LogP contribution >= 0.6 is 23.1 Å². The number of hydrogen-bond acceptors (Lipinski definition) is 7. The first-order valence-electron chi connectivity index (χ1n) is 9.43. The first-order chi connectivity index (χ1) is 13.6. The average molecular weight is 425 g/mol. The quantitative estimate of drug-likeness (QED) is 0.490. The van der Waals surface area contributed by atoms with Gasteiger partial charge in [0.15, 0.2) is 4.34 Å². The van der Waals surface area contributed by atoms with E-state index >= 15 is 0 Å².